The molecule has 150 valence electrons. The van der Waals surface area contributed by atoms with E-state index in [1.54, 1.807) is 0 Å². The van der Waals surface area contributed by atoms with Crippen molar-refractivity contribution < 1.29 is 25.2 Å². The second-order valence-electron chi connectivity index (χ2n) is 7.69. The molecule has 5 nitrogen and oxygen atoms in total. The van der Waals surface area contributed by atoms with Crippen molar-refractivity contribution in [2.45, 2.75) is 54.2 Å². The number of aryl methyl sites for hydroxylation is 2. The maximum atomic E-state index is 10.4. The van der Waals surface area contributed by atoms with Gasteiger partial charge in [-0.3, -0.25) is 0 Å². The van der Waals surface area contributed by atoms with Crippen molar-refractivity contribution in [2.75, 3.05) is 6.61 Å². The van der Waals surface area contributed by atoms with Crippen molar-refractivity contribution in [2.24, 2.45) is 0 Å². The van der Waals surface area contributed by atoms with Gasteiger partial charge < -0.3 is 25.2 Å². The predicted octanol–water partition coefficient (Wildman–Crippen LogP) is 1.83. The first-order chi connectivity index (χ1) is 13.5. The normalized spacial score (nSPS) is 29.2. The lowest BCUT2D eigenvalue weighted by atomic mass is 9.85. The molecule has 0 radical (unpaired) electrons. The van der Waals surface area contributed by atoms with Crippen LogP contribution in [0, 0.1) is 0 Å². The fourth-order valence-electron chi connectivity index (χ4n) is 4.07. The molecule has 5 atom stereocenters. The summed E-state index contributed by atoms with van der Waals surface area (Å²) in [5.74, 6) is 0. The van der Waals surface area contributed by atoms with Crippen molar-refractivity contribution in [3.05, 3.63) is 69.8 Å². The molecule has 2 aromatic carbocycles. The molecule has 4 rings (SSSR count). The molecule has 0 aromatic heterocycles. The smallest absolute Gasteiger partial charge is 0.113 e. The number of ether oxygens (including phenoxy) is 1. The van der Waals surface area contributed by atoms with E-state index in [1.807, 2.05) is 18.2 Å². The Kier molecular flexibility index (Phi) is 6.06. The van der Waals surface area contributed by atoms with E-state index in [1.165, 1.54) is 28.7 Å². The zero-order valence-corrected chi connectivity index (χ0v) is 17.6. The minimum atomic E-state index is -1.36. The Balaban J connectivity index is 1.63. The van der Waals surface area contributed by atoms with Gasteiger partial charge >= 0.3 is 0 Å². The van der Waals surface area contributed by atoms with Crippen molar-refractivity contribution in [3.63, 3.8) is 0 Å². The third kappa shape index (κ3) is 3.74. The number of alkyl halides is 1. The Hall–Kier alpha value is -1.03. The number of aliphatic hydroxyl groups is 4. The topological polar surface area (TPSA) is 90.2 Å². The molecule has 0 bridgehead atoms. The van der Waals surface area contributed by atoms with E-state index in [0.717, 1.165) is 28.4 Å². The summed E-state index contributed by atoms with van der Waals surface area (Å²) in [6.45, 7) is -0.421. The van der Waals surface area contributed by atoms with E-state index < -0.39 is 37.1 Å². The van der Waals surface area contributed by atoms with Crippen molar-refractivity contribution in [1.82, 2.24) is 0 Å². The monoisotopic (exact) mass is 496 g/mol. The van der Waals surface area contributed by atoms with Gasteiger partial charge in [-0.25, -0.2) is 0 Å². The summed E-state index contributed by atoms with van der Waals surface area (Å²) in [5.41, 5.74) is 7.24. The second kappa shape index (κ2) is 8.38. The van der Waals surface area contributed by atoms with E-state index in [-0.39, 0.29) is 0 Å². The summed E-state index contributed by atoms with van der Waals surface area (Å²) >= 11 is 2.34. The third-order valence-electron chi connectivity index (χ3n) is 5.92. The number of rotatable bonds is 5. The number of aliphatic hydroxyl groups excluding tert-OH is 4. The highest BCUT2D eigenvalue weighted by Gasteiger charge is 2.44. The standard InChI is InChI=1S/C22H25IO5/c23-10-16-6-5-15(22-21(27)20(26)19(25)18(11-24)28-22)9-17(16)8-12-1-2-13-3-4-14(13)7-12/h1-2,5-7,9,18-22,24-27H,3-4,8,10-11H2/t18-,19-,20+,21-,22+/m1/s1. The van der Waals surface area contributed by atoms with Gasteiger partial charge in [-0.15, -0.1) is 0 Å². The first kappa shape index (κ1) is 20.3. The Morgan fingerprint density at radius 2 is 1.68 bits per heavy atom. The number of fused-ring (bicyclic) bond motifs is 1. The van der Waals surface area contributed by atoms with Gasteiger partial charge in [0.25, 0.3) is 0 Å². The van der Waals surface area contributed by atoms with Crippen LogP contribution in [0.5, 0.6) is 0 Å². The number of benzene rings is 2. The maximum absolute atomic E-state index is 10.4. The Morgan fingerprint density at radius 3 is 2.32 bits per heavy atom. The van der Waals surface area contributed by atoms with E-state index in [2.05, 4.69) is 40.8 Å². The van der Waals surface area contributed by atoms with Crippen molar-refractivity contribution in [1.29, 1.82) is 0 Å². The van der Waals surface area contributed by atoms with Crippen LogP contribution in [0.1, 0.15) is 39.5 Å². The summed E-state index contributed by atoms with van der Waals surface area (Å²) < 4.78 is 6.60. The van der Waals surface area contributed by atoms with Gasteiger partial charge in [0, 0.05) is 4.43 Å². The second-order valence-corrected chi connectivity index (χ2v) is 8.45. The fourth-order valence-corrected chi connectivity index (χ4v) is 4.82. The molecule has 0 saturated carbocycles. The minimum Gasteiger partial charge on any atom is -0.394 e. The lowest BCUT2D eigenvalue weighted by Gasteiger charge is -2.40. The van der Waals surface area contributed by atoms with Crippen LogP contribution in [-0.2, 0) is 28.4 Å². The first-order valence-electron chi connectivity index (χ1n) is 9.60. The average molecular weight is 496 g/mol. The predicted molar refractivity (Wildman–Crippen MR) is 114 cm³/mol. The van der Waals surface area contributed by atoms with Gasteiger partial charge in [0.15, 0.2) is 0 Å². The molecular formula is C22H25IO5. The fraction of sp³-hybridized carbons (Fsp3) is 0.455. The first-order valence-corrected chi connectivity index (χ1v) is 11.1. The number of hydrogen-bond donors (Lipinski definition) is 4. The number of halogens is 1. The van der Waals surface area contributed by atoms with Gasteiger partial charge in [-0.1, -0.05) is 59.0 Å². The largest absolute Gasteiger partial charge is 0.394 e. The van der Waals surface area contributed by atoms with Crippen LogP contribution >= 0.6 is 22.6 Å². The SMILES string of the molecule is OC[C@H]1O[C@@H](c2ccc(CI)c(Cc3ccc4c(c3)CC4)c2)[C@H](O)[C@@H](O)[C@@H]1O. The summed E-state index contributed by atoms with van der Waals surface area (Å²) in [5, 5.41) is 40.0. The molecule has 1 saturated heterocycles. The molecule has 28 heavy (non-hydrogen) atoms. The zero-order chi connectivity index (χ0) is 19.8. The zero-order valence-electron chi connectivity index (χ0n) is 15.5. The summed E-state index contributed by atoms with van der Waals surface area (Å²) in [6.07, 6.45) is -2.56. The highest BCUT2D eigenvalue weighted by molar-refractivity contribution is 14.1. The summed E-state index contributed by atoms with van der Waals surface area (Å²) in [7, 11) is 0. The third-order valence-corrected chi connectivity index (χ3v) is 6.75. The lowest BCUT2D eigenvalue weighted by Crippen LogP contribution is -2.55. The summed E-state index contributed by atoms with van der Waals surface area (Å²) in [6, 6.07) is 12.6. The quantitative estimate of drug-likeness (QED) is 0.375. The lowest BCUT2D eigenvalue weighted by molar-refractivity contribution is -0.231. The van der Waals surface area contributed by atoms with Gasteiger partial charge in [-0.2, -0.15) is 0 Å². The van der Waals surface area contributed by atoms with Crippen molar-refractivity contribution in [3.8, 4) is 0 Å². The van der Waals surface area contributed by atoms with E-state index in [9.17, 15) is 20.4 Å². The van der Waals surface area contributed by atoms with Crippen LogP contribution in [-0.4, -0.2) is 51.4 Å². The van der Waals surface area contributed by atoms with Crippen LogP contribution in [0.15, 0.2) is 36.4 Å². The number of hydrogen-bond acceptors (Lipinski definition) is 5. The van der Waals surface area contributed by atoms with E-state index in [0.29, 0.717) is 0 Å². The molecule has 1 aliphatic carbocycles. The van der Waals surface area contributed by atoms with E-state index in [4.69, 9.17) is 4.74 Å². The van der Waals surface area contributed by atoms with Gasteiger partial charge in [0.2, 0.25) is 0 Å². The van der Waals surface area contributed by atoms with Crippen LogP contribution in [0.4, 0.5) is 0 Å². The molecule has 0 amide bonds. The molecule has 4 N–H and O–H groups in total. The average Bonchev–Trinajstić information content (AvgIpc) is 2.68. The molecule has 0 unspecified atom stereocenters. The van der Waals surface area contributed by atoms with Gasteiger partial charge in [0.05, 0.1) is 6.61 Å². The van der Waals surface area contributed by atoms with Crippen molar-refractivity contribution >= 4 is 22.6 Å². The molecule has 2 aromatic rings. The molecule has 1 fully saturated rings. The minimum absolute atomic E-state index is 0.421. The van der Waals surface area contributed by atoms with E-state index >= 15 is 0 Å². The molecular weight excluding hydrogens is 471 g/mol. The summed E-state index contributed by atoms with van der Waals surface area (Å²) in [4.78, 5) is 0. The highest BCUT2D eigenvalue weighted by atomic mass is 127. The molecule has 2 aliphatic rings. The van der Waals surface area contributed by atoms with Gasteiger partial charge in [-0.05, 0) is 52.6 Å². The Labute approximate surface area is 178 Å². The Morgan fingerprint density at radius 1 is 0.893 bits per heavy atom. The highest BCUT2D eigenvalue weighted by Crippen LogP contribution is 2.34. The van der Waals surface area contributed by atoms with Crippen LogP contribution in [0.3, 0.4) is 0 Å². The molecule has 1 heterocycles. The van der Waals surface area contributed by atoms with Crippen LogP contribution < -0.4 is 0 Å². The molecule has 0 spiro atoms. The van der Waals surface area contributed by atoms with Crippen LogP contribution in [0.2, 0.25) is 0 Å². The Bertz CT molecular complexity index is 853. The molecule has 6 heteroatoms. The van der Waals surface area contributed by atoms with Gasteiger partial charge in [0.1, 0.15) is 30.5 Å². The van der Waals surface area contributed by atoms with Crippen LogP contribution in [0.25, 0.3) is 0 Å². The molecule has 1 aliphatic heterocycles. The maximum Gasteiger partial charge on any atom is 0.113 e.